The van der Waals surface area contributed by atoms with Gasteiger partial charge in [-0.2, -0.15) is 0 Å². The van der Waals surface area contributed by atoms with E-state index in [9.17, 15) is 9.59 Å². The lowest BCUT2D eigenvalue weighted by Gasteiger charge is -2.30. The number of aromatic nitrogens is 4. The second-order valence-corrected chi connectivity index (χ2v) is 10.3. The lowest BCUT2D eigenvalue weighted by Crippen LogP contribution is -2.43. The summed E-state index contributed by atoms with van der Waals surface area (Å²) in [7, 11) is 0. The predicted molar refractivity (Wildman–Crippen MR) is 143 cm³/mol. The van der Waals surface area contributed by atoms with Crippen LogP contribution in [0.5, 0.6) is 0 Å². The summed E-state index contributed by atoms with van der Waals surface area (Å²) in [5.74, 6) is 0.154. The number of rotatable bonds is 9. The van der Waals surface area contributed by atoms with E-state index in [4.69, 9.17) is 22.4 Å². The van der Waals surface area contributed by atoms with Crippen molar-refractivity contribution < 1.29 is 9.59 Å². The van der Waals surface area contributed by atoms with E-state index in [1.54, 1.807) is 16.6 Å². The van der Waals surface area contributed by atoms with Crippen molar-refractivity contribution in [3.63, 3.8) is 0 Å². The Bertz CT molecular complexity index is 1280. The third kappa shape index (κ3) is 6.11. The molecule has 1 atom stereocenters. The molecule has 2 saturated carbocycles. The zero-order chi connectivity index (χ0) is 25.9. The normalized spacial score (nSPS) is 20.3. The number of halogens is 1. The molecular formula is C25H32ClN9O2. The lowest BCUT2D eigenvalue weighted by atomic mass is 9.90. The highest BCUT2D eigenvalue weighted by Gasteiger charge is 2.27. The van der Waals surface area contributed by atoms with Crippen LogP contribution >= 0.6 is 11.6 Å². The van der Waals surface area contributed by atoms with Gasteiger partial charge in [-0.25, -0.2) is 14.5 Å². The Kier molecular flexibility index (Phi) is 7.43. The first-order valence-electron chi connectivity index (χ1n) is 12.7. The summed E-state index contributed by atoms with van der Waals surface area (Å²) >= 11 is 5.96. The van der Waals surface area contributed by atoms with Gasteiger partial charge < -0.3 is 27.0 Å². The molecule has 6 N–H and O–H groups in total. The third-order valence-electron chi connectivity index (χ3n) is 6.85. The Balaban J connectivity index is 1.31. The van der Waals surface area contributed by atoms with Crippen molar-refractivity contribution in [3.8, 4) is 0 Å². The molecule has 0 unspecified atom stereocenters. The number of carbonyl (C=O) groups is 2. The molecule has 5 rings (SSSR count). The Hall–Kier alpha value is -3.44. The van der Waals surface area contributed by atoms with E-state index in [0.717, 1.165) is 44.2 Å². The molecule has 2 aliphatic rings. The van der Waals surface area contributed by atoms with E-state index < -0.39 is 0 Å². The number of nitrogens with two attached hydrogens (primary N) is 1. The number of nitrogens with zero attached hydrogens (tertiary/aromatic N) is 4. The second kappa shape index (κ2) is 10.9. The van der Waals surface area contributed by atoms with E-state index in [1.165, 1.54) is 12.4 Å². The van der Waals surface area contributed by atoms with Crippen LogP contribution in [0.1, 0.15) is 55.9 Å². The molecule has 2 fully saturated rings. The Morgan fingerprint density at radius 1 is 1.08 bits per heavy atom. The first kappa shape index (κ1) is 25.2. The van der Waals surface area contributed by atoms with Gasteiger partial charge in [0, 0.05) is 48.5 Å². The van der Waals surface area contributed by atoms with Gasteiger partial charge in [-0.1, -0.05) is 18.5 Å². The maximum atomic E-state index is 13.1. The van der Waals surface area contributed by atoms with Gasteiger partial charge in [-0.15, -0.1) is 5.10 Å². The first-order chi connectivity index (χ1) is 17.9. The number of amides is 2. The van der Waals surface area contributed by atoms with Gasteiger partial charge in [0.15, 0.2) is 11.3 Å². The van der Waals surface area contributed by atoms with Gasteiger partial charge in [0.2, 0.25) is 5.91 Å². The molecule has 3 aromatic rings. The summed E-state index contributed by atoms with van der Waals surface area (Å²) in [5.41, 5.74) is 7.89. The molecule has 0 aliphatic heterocycles. The Morgan fingerprint density at radius 2 is 1.78 bits per heavy atom. The molecule has 3 aromatic heterocycles. The molecule has 196 valence electrons. The number of pyridine rings is 1. The highest BCUT2D eigenvalue weighted by atomic mass is 35.5. The topological polar surface area (TPSA) is 151 Å². The number of imidazole rings is 1. The zero-order valence-corrected chi connectivity index (χ0v) is 21.5. The standard InChI is InChI=1S/C25H32ClN9O2/c1-14(12-27)24(36)32-17-6-4-16(5-7-17)31-22-11-19(30-15-2-3-15)23-29-13-20(35(23)34-22)25(37)33-18-8-9-28-21(26)10-18/h8-11,13-17,30H,2-7,12,27H2,1H3,(H,31,34)(H,32,36)(H,28,33,37)/t14-,16?,17?/m0/s1. The minimum Gasteiger partial charge on any atom is -0.379 e. The smallest absolute Gasteiger partial charge is 0.276 e. The van der Waals surface area contributed by atoms with Gasteiger partial charge in [0.05, 0.1) is 11.9 Å². The molecule has 3 heterocycles. The number of anilines is 3. The molecule has 0 spiro atoms. The van der Waals surface area contributed by atoms with Crippen molar-refractivity contribution in [2.24, 2.45) is 11.7 Å². The third-order valence-corrected chi connectivity index (χ3v) is 7.06. The van der Waals surface area contributed by atoms with Crippen molar-refractivity contribution in [3.05, 3.63) is 41.4 Å². The highest BCUT2D eigenvalue weighted by molar-refractivity contribution is 6.29. The maximum absolute atomic E-state index is 13.1. The van der Waals surface area contributed by atoms with Gasteiger partial charge in [0.1, 0.15) is 11.0 Å². The quantitative estimate of drug-likeness (QED) is 0.267. The summed E-state index contributed by atoms with van der Waals surface area (Å²) in [6.45, 7) is 2.19. The van der Waals surface area contributed by atoms with E-state index >= 15 is 0 Å². The molecule has 12 heteroatoms. The van der Waals surface area contributed by atoms with Crippen LogP contribution in [-0.4, -0.2) is 56.1 Å². The largest absolute Gasteiger partial charge is 0.379 e. The number of nitrogens with one attached hydrogen (secondary N) is 4. The Labute approximate surface area is 219 Å². The molecule has 37 heavy (non-hydrogen) atoms. The van der Waals surface area contributed by atoms with E-state index in [-0.39, 0.29) is 29.8 Å². The van der Waals surface area contributed by atoms with Crippen LogP contribution < -0.4 is 27.0 Å². The molecule has 0 bridgehead atoms. The molecule has 11 nitrogen and oxygen atoms in total. The van der Waals surface area contributed by atoms with Crippen LogP contribution in [0.2, 0.25) is 5.15 Å². The average molecular weight is 526 g/mol. The van der Waals surface area contributed by atoms with Crippen LogP contribution in [0.4, 0.5) is 17.2 Å². The lowest BCUT2D eigenvalue weighted by molar-refractivity contribution is -0.125. The summed E-state index contributed by atoms with van der Waals surface area (Å²) in [4.78, 5) is 33.7. The van der Waals surface area contributed by atoms with Gasteiger partial charge in [-0.05, 0) is 50.7 Å². The SMILES string of the molecule is C[C@@H](CN)C(=O)NC1CCC(Nc2cc(NC3CC3)c3ncc(C(=O)Nc4ccnc(Cl)c4)n3n2)CC1. The fourth-order valence-electron chi connectivity index (χ4n) is 4.46. The zero-order valence-electron chi connectivity index (χ0n) is 20.7. The minimum absolute atomic E-state index is 0.0155. The van der Waals surface area contributed by atoms with E-state index in [1.807, 2.05) is 13.0 Å². The fraction of sp³-hybridized carbons (Fsp3) is 0.480. The van der Waals surface area contributed by atoms with Crippen LogP contribution in [-0.2, 0) is 4.79 Å². The monoisotopic (exact) mass is 525 g/mol. The van der Waals surface area contributed by atoms with Gasteiger partial charge in [0.25, 0.3) is 5.91 Å². The van der Waals surface area contributed by atoms with Crippen molar-refractivity contribution in [2.75, 3.05) is 22.5 Å². The summed E-state index contributed by atoms with van der Waals surface area (Å²) in [6, 6.07) is 5.98. The number of hydrogen-bond donors (Lipinski definition) is 5. The molecule has 0 aromatic carbocycles. The highest BCUT2D eigenvalue weighted by Crippen LogP contribution is 2.30. The number of hydrogen-bond acceptors (Lipinski definition) is 8. The van der Waals surface area contributed by atoms with Crippen molar-refractivity contribution in [1.82, 2.24) is 24.9 Å². The first-order valence-corrected chi connectivity index (χ1v) is 13.1. The number of carbonyl (C=O) groups excluding carboxylic acids is 2. The molecule has 2 amide bonds. The Morgan fingerprint density at radius 3 is 2.49 bits per heavy atom. The number of fused-ring (bicyclic) bond motifs is 1. The van der Waals surface area contributed by atoms with Crippen molar-refractivity contribution >= 4 is 46.3 Å². The summed E-state index contributed by atoms with van der Waals surface area (Å²) < 4.78 is 1.57. The average Bonchev–Trinajstić information content (AvgIpc) is 3.59. The maximum Gasteiger partial charge on any atom is 0.276 e. The predicted octanol–water partition coefficient (Wildman–Crippen LogP) is 3.04. The summed E-state index contributed by atoms with van der Waals surface area (Å²) in [6.07, 6.45) is 8.81. The van der Waals surface area contributed by atoms with Gasteiger partial charge in [-0.3, -0.25) is 9.59 Å². The minimum atomic E-state index is -0.347. The molecule has 2 aliphatic carbocycles. The van der Waals surface area contributed by atoms with E-state index in [2.05, 4.69) is 31.2 Å². The summed E-state index contributed by atoms with van der Waals surface area (Å²) in [5, 5.41) is 18.0. The van der Waals surface area contributed by atoms with E-state index in [0.29, 0.717) is 40.6 Å². The molecule has 0 saturated heterocycles. The fourth-order valence-corrected chi connectivity index (χ4v) is 4.64. The van der Waals surface area contributed by atoms with Gasteiger partial charge >= 0.3 is 0 Å². The van der Waals surface area contributed by atoms with Crippen LogP contribution in [0.25, 0.3) is 5.65 Å². The van der Waals surface area contributed by atoms with Crippen molar-refractivity contribution in [1.29, 1.82) is 0 Å². The van der Waals surface area contributed by atoms with Crippen LogP contribution in [0.15, 0.2) is 30.6 Å². The second-order valence-electron chi connectivity index (χ2n) is 9.90. The van der Waals surface area contributed by atoms with Crippen LogP contribution in [0, 0.1) is 5.92 Å². The van der Waals surface area contributed by atoms with Crippen LogP contribution in [0.3, 0.4) is 0 Å². The van der Waals surface area contributed by atoms with Crippen molar-refractivity contribution in [2.45, 2.75) is 63.6 Å². The molecule has 0 radical (unpaired) electrons. The molecular weight excluding hydrogens is 494 g/mol.